The van der Waals surface area contributed by atoms with Gasteiger partial charge >= 0.3 is 0 Å². The van der Waals surface area contributed by atoms with Crippen LogP contribution in [0.15, 0.2) is 42.5 Å². The highest BCUT2D eigenvalue weighted by Crippen LogP contribution is 2.38. The fourth-order valence-electron chi connectivity index (χ4n) is 3.88. The smallest absolute Gasteiger partial charge is 0.224 e. The second-order valence-electron chi connectivity index (χ2n) is 7.18. The largest absolute Gasteiger partial charge is 0.493 e. The summed E-state index contributed by atoms with van der Waals surface area (Å²) in [6.45, 7) is 2.73. The first-order valence-electron chi connectivity index (χ1n) is 10.0. The number of amides is 1. The number of hydrogen-bond acceptors (Lipinski definition) is 5. The van der Waals surface area contributed by atoms with Crippen molar-refractivity contribution >= 4 is 5.91 Å². The Balaban J connectivity index is 1.68. The molecule has 0 aromatic heterocycles. The summed E-state index contributed by atoms with van der Waals surface area (Å²) in [5.74, 6) is 1.60. The van der Waals surface area contributed by atoms with Crippen LogP contribution in [0.5, 0.6) is 17.2 Å². The Morgan fingerprint density at radius 3 is 2.17 bits per heavy atom. The van der Waals surface area contributed by atoms with Gasteiger partial charge in [0.2, 0.25) is 11.7 Å². The van der Waals surface area contributed by atoms with Gasteiger partial charge in [-0.15, -0.1) is 0 Å². The van der Waals surface area contributed by atoms with Gasteiger partial charge in [0.1, 0.15) is 0 Å². The van der Waals surface area contributed by atoms with Crippen molar-refractivity contribution in [3.05, 3.63) is 53.6 Å². The van der Waals surface area contributed by atoms with E-state index >= 15 is 0 Å². The summed E-state index contributed by atoms with van der Waals surface area (Å²) in [7, 11) is 4.71. The monoisotopic (exact) mass is 398 g/mol. The van der Waals surface area contributed by atoms with E-state index < -0.39 is 0 Å². The molecular formula is C23H30N2O4. The minimum atomic E-state index is -0.0283. The van der Waals surface area contributed by atoms with Gasteiger partial charge in [-0.1, -0.05) is 30.3 Å². The minimum Gasteiger partial charge on any atom is -0.493 e. The maximum Gasteiger partial charge on any atom is 0.224 e. The van der Waals surface area contributed by atoms with Crippen LogP contribution in [0.4, 0.5) is 0 Å². The Morgan fingerprint density at radius 1 is 1.00 bits per heavy atom. The van der Waals surface area contributed by atoms with Gasteiger partial charge in [-0.25, -0.2) is 0 Å². The molecule has 0 unspecified atom stereocenters. The first kappa shape index (κ1) is 21.0. The van der Waals surface area contributed by atoms with Crippen molar-refractivity contribution in [2.45, 2.75) is 25.3 Å². The fourth-order valence-corrected chi connectivity index (χ4v) is 3.88. The van der Waals surface area contributed by atoms with Crippen LogP contribution >= 0.6 is 0 Å². The molecule has 3 rings (SSSR count). The number of rotatable bonds is 9. The third-order valence-corrected chi connectivity index (χ3v) is 5.35. The Kier molecular flexibility index (Phi) is 7.36. The predicted molar refractivity (Wildman–Crippen MR) is 113 cm³/mol. The Morgan fingerprint density at radius 2 is 1.62 bits per heavy atom. The molecule has 1 aliphatic heterocycles. The van der Waals surface area contributed by atoms with Gasteiger partial charge in [0.15, 0.2) is 11.5 Å². The molecule has 2 aromatic rings. The van der Waals surface area contributed by atoms with Gasteiger partial charge in [-0.2, -0.15) is 0 Å². The highest BCUT2D eigenvalue weighted by atomic mass is 16.5. The summed E-state index contributed by atoms with van der Waals surface area (Å²) in [5.41, 5.74) is 2.05. The Hall–Kier alpha value is -2.73. The highest BCUT2D eigenvalue weighted by molar-refractivity contribution is 5.79. The van der Waals surface area contributed by atoms with Crippen LogP contribution in [0.1, 0.15) is 30.0 Å². The molecule has 1 amide bonds. The molecule has 1 atom stereocenters. The van der Waals surface area contributed by atoms with Crippen molar-refractivity contribution in [3.63, 3.8) is 0 Å². The van der Waals surface area contributed by atoms with Gasteiger partial charge in [0, 0.05) is 6.54 Å². The van der Waals surface area contributed by atoms with E-state index in [1.54, 1.807) is 21.3 Å². The quantitative estimate of drug-likeness (QED) is 0.703. The van der Waals surface area contributed by atoms with Crippen LogP contribution in [0.2, 0.25) is 0 Å². The molecule has 1 heterocycles. The number of carbonyl (C=O) groups is 1. The zero-order valence-corrected chi connectivity index (χ0v) is 17.4. The minimum absolute atomic E-state index is 0.0283. The molecule has 0 bridgehead atoms. The van der Waals surface area contributed by atoms with E-state index in [2.05, 4.69) is 34.5 Å². The third-order valence-electron chi connectivity index (χ3n) is 5.35. The summed E-state index contributed by atoms with van der Waals surface area (Å²) in [6.07, 6.45) is 2.67. The Bertz CT molecular complexity index is 779. The van der Waals surface area contributed by atoms with Gasteiger partial charge in [0.05, 0.1) is 33.8 Å². The van der Waals surface area contributed by atoms with Crippen molar-refractivity contribution in [3.8, 4) is 17.2 Å². The fraction of sp³-hybridized carbons (Fsp3) is 0.435. The number of hydrogen-bond donors (Lipinski definition) is 1. The van der Waals surface area contributed by atoms with E-state index in [1.165, 1.54) is 18.4 Å². The topological polar surface area (TPSA) is 60.0 Å². The zero-order chi connectivity index (χ0) is 20.6. The summed E-state index contributed by atoms with van der Waals surface area (Å²) in [6, 6.07) is 14.2. The molecule has 0 spiro atoms. The van der Waals surface area contributed by atoms with Crippen molar-refractivity contribution in [2.75, 3.05) is 41.0 Å². The molecule has 6 nitrogen and oxygen atoms in total. The molecule has 1 aliphatic rings. The number of ether oxygens (including phenoxy) is 3. The van der Waals surface area contributed by atoms with Gasteiger partial charge in [-0.3, -0.25) is 9.69 Å². The SMILES string of the molecule is COc1cc(CC(=O)NC[C@H](c2ccccc2)N2CCCC2)cc(OC)c1OC. The maximum atomic E-state index is 12.7. The average molecular weight is 399 g/mol. The molecule has 0 aliphatic carbocycles. The van der Waals surface area contributed by atoms with Gasteiger partial charge in [-0.05, 0) is 49.2 Å². The maximum absolute atomic E-state index is 12.7. The molecule has 156 valence electrons. The molecule has 1 N–H and O–H groups in total. The molecule has 1 fully saturated rings. The molecule has 1 saturated heterocycles. The molecule has 6 heteroatoms. The lowest BCUT2D eigenvalue weighted by molar-refractivity contribution is -0.120. The van der Waals surface area contributed by atoms with Crippen LogP contribution < -0.4 is 19.5 Å². The summed E-state index contributed by atoms with van der Waals surface area (Å²) < 4.78 is 16.1. The lowest BCUT2D eigenvalue weighted by Crippen LogP contribution is -2.37. The second kappa shape index (κ2) is 10.2. The molecule has 0 saturated carbocycles. The van der Waals surface area contributed by atoms with Crippen molar-refractivity contribution in [2.24, 2.45) is 0 Å². The number of methoxy groups -OCH3 is 3. The van der Waals surface area contributed by atoms with Crippen molar-refractivity contribution in [1.82, 2.24) is 10.2 Å². The number of nitrogens with zero attached hydrogens (tertiary/aromatic N) is 1. The summed E-state index contributed by atoms with van der Waals surface area (Å²) >= 11 is 0. The van der Waals surface area contributed by atoms with Crippen LogP contribution in [-0.2, 0) is 11.2 Å². The van der Waals surface area contributed by atoms with Crippen molar-refractivity contribution < 1.29 is 19.0 Å². The third kappa shape index (κ3) is 5.21. The van der Waals surface area contributed by atoms with Crippen LogP contribution in [0.3, 0.4) is 0 Å². The average Bonchev–Trinajstić information content (AvgIpc) is 3.28. The van der Waals surface area contributed by atoms with Gasteiger partial charge in [0.25, 0.3) is 0 Å². The van der Waals surface area contributed by atoms with Crippen molar-refractivity contribution in [1.29, 1.82) is 0 Å². The summed E-state index contributed by atoms with van der Waals surface area (Å²) in [4.78, 5) is 15.1. The van der Waals surface area contributed by atoms with Crippen LogP contribution in [0, 0.1) is 0 Å². The first-order chi connectivity index (χ1) is 14.2. The van der Waals surface area contributed by atoms with E-state index in [-0.39, 0.29) is 18.4 Å². The lowest BCUT2D eigenvalue weighted by atomic mass is 10.1. The van der Waals surface area contributed by atoms with E-state index in [4.69, 9.17) is 14.2 Å². The lowest BCUT2D eigenvalue weighted by Gasteiger charge is -2.28. The standard InChI is InChI=1S/C23H30N2O4/c1-27-20-13-17(14-21(28-2)23(20)29-3)15-22(26)24-16-19(25-11-7-8-12-25)18-9-5-4-6-10-18/h4-6,9-10,13-14,19H,7-8,11-12,15-16H2,1-3H3,(H,24,26)/t19-/m1/s1. The van der Waals surface area contributed by atoms with Gasteiger partial charge < -0.3 is 19.5 Å². The number of benzene rings is 2. The summed E-state index contributed by atoms with van der Waals surface area (Å²) in [5, 5.41) is 3.12. The molecule has 0 radical (unpaired) electrons. The van der Waals surface area contributed by atoms with E-state index in [0.29, 0.717) is 23.8 Å². The molecule has 29 heavy (non-hydrogen) atoms. The predicted octanol–water partition coefficient (Wildman–Crippen LogP) is 3.21. The number of nitrogens with one attached hydrogen (secondary N) is 1. The zero-order valence-electron chi connectivity index (χ0n) is 17.4. The van der Waals surface area contributed by atoms with E-state index in [0.717, 1.165) is 18.7 Å². The first-order valence-corrected chi connectivity index (χ1v) is 10.0. The van der Waals surface area contributed by atoms with E-state index in [1.807, 2.05) is 18.2 Å². The molecular weight excluding hydrogens is 368 g/mol. The normalized spacial score (nSPS) is 15.0. The number of carbonyl (C=O) groups excluding carboxylic acids is 1. The van der Waals surface area contributed by atoms with E-state index in [9.17, 15) is 4.79 Å². The number of likely N-dealkylation sites (tertiary alicyclic amines) is 1. The second-order valence-corrected chi connectivity index (χ2v) is 7.18. The van der Waals surface area contributed by atoms with Crippen LogP contribution in [0.25, 0.3) is 0 Å². The Labute approximate surface area is 172 Å². The van der Waals surface area contributed by atoms with Crippen LogP contribution in [-0.4, -0.2) is 51.8 Å². The highest BCUT2D eigenvalue weighted by Gasteiger charge is 2.24. The molecule has 2 aromatic carbocycles.